The van der Waals surface area contributed by atoms with Crippen LogP contribution in [0.5, 0.6) is 0 Å². The maximum Gasteiger partial charge on any atom is 0.266 e. The maximum atomic E-state index is 5.63. The molecule has 3 rings (SSSR count). The van der Waals surface area contributed by atoms with Crippen molar-refractivity contribution in [2.75, 3.05) is 24.5 Å². The van der Waals surface area contributed by atoms with Gasteiger partial charge in [0.1, 0.15) is 0 Å². The zero-order valence-electron chi connectivity index (χ0n) is 10.1. The third-order valence-electron chi connectivity index (χ3n) is 3.73. The molecule has 0 aromatic carbocycles. The molecule has 5 nitrogen and oxygen atoms in total. The molecule has 0 spiro atoms. The molecule has 1 aromatic heterocycles. The van der Waals surface area contributed by atoms with Gasteiger partial charge in [-0.3, -0.25) is 0 Å². The van der Waals surface area contributed by atoms with Crippen molar-refractivity contribution in [2.24, 2.45) is 11.7 Å². The minimum Gasteiger partial charge on any atom is -0.338 e. The predicted molar refractivity (Wildman–Crippen MR) is 64.9 cm³/mol. The normalized spacial score (nSPS) is 25.2. The van der Waals surface area contributed by atoms with E-state index in [1.165, 1.54) is 25.7 Å². The number of aromatic nitrogens is 2. The van der Waals surface area contributed by atoms with Gasteiger partial charge in [-0.05, 0) is 49.7 Å². The largest absolute Gasteiger partial charge is 0.338 e. The van der Waals surface area contributed by atoms with Crippen molar-refractivity contribution in [3.05, 3.63) is 5.89 Å². The molecular formula is C12H20N4O. The summed E-state index contributed by atoms with van der Waals surface area (Å²) in [6.45, 7) is 2.85. The van der Waals surface area contributed by atoms with Crippen LogP contribution in [-0.2, 0) is 0 Å². The molecule has 2 heterocycles. The van der Waals surface area contributed by atoms with Gasteiger partial charge in [-0.2, -0.15) is 4.98 Å². The molecule has 1 atom stereocenters. The van der Waals surface area contributed by atoms with Crippen molar-refractivity contribution in [3.63, 3.8) is 0 Å². The van der Waals surface area contributed by atoms with E-state index < -0.39 is 0 Å². The van der Waals surface area contributed by atoms with Crippen LogP contribution in [0.2, 0.25) is 0 Å². The molecule has 1 aliphatic carbocycles. The van der Waals surface area contributed by atoms with Crippen LogP contribution < -0.4 is 10.6 Å². The Balaban J connectivity index is 1.65. The molecule has 0 unspecified atom stereocenters. The van der Waals surface area contributed by atoms with Crippen LogP contribution in [0.15, 0.2) is 4.52 Å². The van der Waals surface area contributed by atoms with Gasteiger partial charge in [0.05, 0.1) is 0 Å². The Morgan fingerprint density at radius 2 is 2.24 bits per heavy atom. The minimum atomic E-state index is 0.542. The first-order valence-electron chi connectivity index (χ1n) is 6.65. The molecule has 2 fully saturated rings. The SMILES string of the molecule is NCC[C@H]1CCCN(c2noc(C3CC3)n2)C1. The van der Waals surface area contributed by atoms with Gasteiger partial charge >= 0.3 is 0 Å². The summed E-state index contributed by atoms with van der Waals surface area (Å²) < 4.78 is 5.31. The standard InChI is InChI=1S/C12H20N4O/c13-6-5-9-2-1-7-16(8-9)12-14-11(17-15-12)10-3-4-10/h9-10H,1-8,13H2/t9-/m1/s1. The number of hydrogen-bond acceptors (Lipinski definition) is 5. The van der Waals surface area contributed by atoms with E-state index in [1.807, 2.05) is 0 Å². The Bertz CT molecular complexity index is 372. The summed E-state index contributed by atoms with van der Waals surface area (Å²) in [5.41, 5.74) is 5.63. The fraction of sp³-hybridized carbons (Fsp3) is 0.833. The van der Waals surface area contributed by atoms with E-state index in [1.54, 1.807) is 0 Å². The van der Waals surface area contributed by atoms with Gasteiger partial charge < -0.3 is 15.2 Å². The third-order valence-corrected chi connectivity index (χ3v) is 3.73. The van der Waals surface area contributed by atoms with Crippen LogP contribution in [0.3, 0.4) is 0 Å². The molecule has 5 heteroatoms. The summed E-state index contributed by atoms with van der Waals surface area (Å²) in [4.78, 5) is 6.76. The highest BCUT2D eigenvalue weighted by molar-refractivity contribution is 5.29. The average Bonchev–Trinajstić information content (AvgIpc) is 3.08. The first-order valence-corrected chi connectivity index (χ1v) is 6.65. The summed E-state index contributed by atoms with van der Waals surface area (Å²) in [5.74, 6) is 2.85. The molecule has 0 bridgehead atoms. The molecule has 2 aliphatic rings. The lowest BCUT2D eigenvalue weighted by Crippen LogP contribution is -2.36. The number of nitrogens with zero attached hydrogens (tertiary/aromatic N) is 3. The number of hydrogen-bond donors (Lipinski definition) is 1. The Morgan fingerprint density at radius 3 is 3.00 bits per heavy atom. The second kappa shape index (κ2) is 4.64. The van der Waals surface area contributed by atoms with Crippen molar-refractivity contribution in [2.45, 2.75) is 38.0 Å². The maximum absolute atomic E-state index is 5.63. The highest BCUT2D eigenvalue weighted by Crippen LogP contribution is 2.39. The smallest absolute Gasteiger partial charge is 0.266 e. The van der Waals surface area contributed by atoms with Crippen molar-refractivity contribution >= 4 is 5.95 Å². The second-order valence-electron chi connectivity index (χ2n) is 5.24. The number of rotatable bonds is 4. The first-order chi connectivity index (χ1) is 8.36. The molecule has 17 heavy (non-hydrogen) atoms. The third kappa shape index (κ3) is 2.44. The van der Waals surface area contributed by atoms with Gasteiger partial charge in [0, 0.05) is 19.0 Å². The Hall–Kier alpha value is -1.10. The highest BCUT2D eigenvalue weighted by Gasteiger charge is 2.31. The molecule has 0 amide bonds. The van der Waals surface area contributed by atoms with E-state index in [-0.39, 0.29) is 0 Å². The fourth-order valence-corrected chi connectivity index (χ4v) is 2.57. The van der Waals surface area contributed by atoms with Crippen molar-refractivity contribution in [1.29, 1.82) is 0 Å². The molecule has 2 N–H and O–H groups in total. The zero-order chi connectivity index (χ0) is 11.7. The predicted octanol–water partition coefficient (Wildman–Crippen LogP) is 1.51. The second-order valence-corrected chi connectivity index (χ2v) is 5.24. The monoisotopic (exact) mass is 236 g/mol. The van der Waals surface area contributed by atoms with Gasteiger partial charge in [0.2, 0.25) is 5.89 Å². The van der Waals surface area contributed by atoms with Crippen LogP contribution in [0, 0.1) is 5.92 Å². The lowest BCUT2D eigenvalue weighted by Gasteiger charge is -2.31. The lowest BCUT2D eigenvalue weighted by atomic mass is 9.95. The van der Waals surface area contributed by atoms with Crippen LogP contribution >= 0.6 is 0 Å². The quantitative estimate of drug-likeness (QED) is 0.858. The van der Waals surface area contributed by atoms with E-state index in [2.05, 4.69) is 15.0 Å². The van der Waals surface area contributed by atoms with E-state index in [0.717, 1.165) is 37.9 Å². The average molecular weight is 236 g/mol. The number of nitrogens with two attached hydrogens (primary N) is 1. The van der Waals surface area contributed by atoms with Gasteiger partial charge in [-0.25, -0.2) is 0 Å². The number of anilines is 1. The zero-order valence-corrected chi connectivity index (χ0v) is 10.1. The number of piperidine rings is 1. The molecule has 94 valence electrons. The molecular weight excluding hydrogens is 216 g/mol. The van der Waals surface area contributed by atoms with Crippen LogP contribution in [0.1, 0.15) is 43.9 Å². The Kier molecular flexibility index (Phi) is 3.01. The van der Waals surface area contributed by atoms with Gasteiger partial charge in [0.15, 0.2) is 0 Å². The van der Waals surface area contributed by atoms with E-state index >= 15 is 0 Å². The lowest BCUT2D eigenvalue weighted by molar-refractivity contribution is 0.367. The molecule has 0 radical (unpaired) electrons. The van der Waals surface area contributed by atoms with Crippen molar-refractivity contribution < 1.29 is 4.52 Å². The summed E-state index contributed by atoms with van der Waals surface area (Å²) in [6, 6.07) is 0. The van der Waals surface area contributed by atoms with E-state index in [0.29, 0.717) is 11.8 Å². The minimum absolute atomic E-state index is 0.542. The summed E-state index contributed by atoms with van der Waals surface area (Å²) >= 11 is 0. The van der Waals surface area contributed by atoms with E-state index in [4.69, 9.17) is 10.3 Å². The fourth-order valence-electron chi connectivity index (χ4n) is 2.57. The molecule has 1 aromatic rings. The first kappa shape index (κ1) is 11.0. The van der Waals surface area contributed by atoms with Crippen molar-refractivity contribution in [3.8, 4) is 0 Å². The van der Waals surface area contributed by atoms with Crippen LogP contribution in [0.4, 0.5) is 5.95 Å². The molecule has 1 saturated heterocycles. The summed E-state index contributed by atoms with van der Waals surface area (Å²) in [5, 5.41) is 4.10. The summed E-state index contributed by atoms with van der Waals surface area (Å²) in [6.07, 6.45) is 6.00. The Morgan fingerprint density at radius 1 is 1.35 bits per heavy atom. The highest BCUT2D eigenvalue weighted by atomic mass is 16.5. The van der Waals surface area contributed by atoms with Gasteiger partial charge in [-0.15, -0.1) is 0 Å². The topological polar surface area (TPSA) is 68.2 Å². The summed E-state index contributed by atoms with van der Waals surface area (Å²) in [7, 11) is 0. The van der Waals surface area contributed by atoms with Gasteiger partial charge in [0.25, 0.3) is 5.95 Å². The molecule has 1 aliphatic heterocycles. The van der Waals surface area contributed by atoms with E-state index in [9.17, 15) is 0 Å². The van der Waals surface area contributed by atoms with Gasteiger partial charge in [-0.1, -0.05) is 0 Å². The van der Waals surface area contributed by atoms with Crippen molar-refractivity contribution in [1.82, 2.24) is 10.1 Å². The van der Waals surface area contributed by atoms with Crippen LogP contribution in [0.25, 0.3) is 0 Å². The molecule has 1 saturated carbocycles. The Labute approximate surface area is 101 Å². The van der Waals surface area contributed by atoms with Crippen LogP contribution in [-0.4, -0.2) is 29.8 Å².